The third kappa shape index (κ3) is 4.24. The van der Waals surface area contributed by atoms with Crippen LogP contribution < -0.4 is 14.2 Å². The number of benzene rings is 2. The van der Waals surface area contributed by atoms with Crippen LogP contribution in [-0.4, -0.2) is 26.6 Å². The Kier molecular flexibility index (Phi) is 5.21. The largest absolute Gasteiger partial charge is 0.497 e. The highest BCUT2D eigenvalue weighted by Crippen LogP contribution is 2.23. The van der Waals surface area contributed by atoms with Crippen LogP contribution in [0.25, 0.3) is 0 Å². The smallest absolute Gasteiger partial charge is 0.166 e. The van der Waals surface area contributed by atoms with Gasteiger partial charge in [-0.15, -0.1) is 0 Å². The molecule has 0 spiro atoms. The Bertz CT molecular complexity index is 571. The van der Waals surface area contributed by atoms with Crippen molar-refractivity contribution in [1.82, 2.24) is 0 Å². The molecule has 0 saturated carbocycles. The first kappa shape index (κ1) is 14.9. The molecule has 0 heterocycles. The fourth-order valence-electron chi connectivity index (χ4n) is 1.89. The summed E-state index contributed by atoms with van der Waals surface area (Å²) < 4.78 is 15.8. The van der Waals surface area contributed by atoms with E-state index in [2.05, 4.69) is 0 Å². The highest BCUT2D eigenvalue weighted by molar-refractivity contribution is 5.97. The summed E-state index contributed by atoms with van der Waals surface area (Å²) in [6.45, 7) is 0.336. The van der Waals surface area contributed by atoms with Crippen molar-refractivity contribution in [3.63, 3.8) is 0 Å². The molecule has 4 heteroatoms. The molecular formula is C17H18O4. The number of hydrogen-bond acceptors (Lipinski definition) is 4. The van der Waals surface area contributed by atoms with Crippen LogP contribution in [-0.2, 0) is 0 Å². The van der Waals surface area contributed by atoms with Crippen molar-refractivity contribution in [2.75, 3.05) is 20.8 Å². The molecule has 0 saturated heterocycles. The molecule has 0 fully saturated rings. The van der Waals surface area contributed by atoms with Gasteiger partial charge in [-0.1, -0.05) is 18.2 Å². The van der Waals surface area contributed by atoms with Crippen LogP contribution in [0.1, 0.15) is 16.8 Å². The quantitative estimate of drug-likeness (QED) is 0.732. The molecule has 0 N–H and O–H groups in total. The zero-order chi connectivity index (χ0) is 15.1. The second-order valence-corrected chi connectivity index (χ2v) is 4.44. The minimum atomic E-state index is -0.0110. The molecule has 21 heavy (non-hydrogen) atoms. The topological polar surface area (TPSA) is 44.8 Å². The van der Waals surface area contributed by atoms with Crippen LogP contribution in [0, 0.1) is 0 Å². The van der Waals surface area contributed by atoms with E-state index in [9.17, 15) is 4.79 Å². The summed E-state index contributed by atoms with van der Waals surface area (Å²) in [5, 5.41) is 0. The molecule has 0 aliphatic rings. The molecule has 0 amide bonds. The number of rotatable bonds is 7. The molecule has 0 atom stereocenters. The fourth-order valence-corrected chi connectivity index (χ4v) is 1.89. The van der Waals surface area contributed by atoms with E-state index in [0.29, 0.717) is 30.1 Å². The molecule has 0 aliphatic heterocycles. The normalized spacial score (nSPS) is 10.0. The molecule has 4 nitrogen and oxygen atoms in total. The van der Waals surface area contributed by atoms with E-state index in [4.69, 9.17) is 14.2 Å². The summed E-state index contributed by atoms with van der Waals surface area (Å²) in [4.78, 5) is 12.2. The average Bonchev–Trinajstić information content (AvgIpc) is 2.55. The van der Waals surface area contributed by atoms with Crippen molar-refractivity contribution in [2.24, 2.45) is 0 Å². The number of ether oxygens (including phenoxy) is 3. The summed E-state index contributed by atoms with van der Waals surface area (Å²) in [6.07, 6.45) is 0.297. The van der Waals surface area contributed by atoms with Crippen molar-refractivity contribution in [3.05, 3.63) is 54.1 Å². The van der Waals surface area contributed by atoms with Gasteiger partial charge in [0.1, 0.15) is 17.2 Å². The molecule has 0 aromatic heterocycles. The number of Topliss-reactive ketones (excluding diaryl/α,β-unsaturated/α-hetero) is 1. The Morgan fingerprint density at radius 3 is 2.10 bits per heavy atom. The molecule has 0 aliphatic carbocycles. The maximum atomic E-state index is 12.2. The molecule has 2 rings (SSSR count). The van der Waals surface area contributed by atoms with Gasteiger partial charge in [-0.2, -0.15) is 0 Å². The van der Waals surface area contributed by atoms with Crippen LogP contribution >= 0.6 is 0 Å². The molecule has 0 unspecified atom stereocenters. The lowest BCUT2D eigenvalue weighted by molar-refractivity contribution is 0.0961. The number of ketones is 1. The number of methoxy groups -OCH3 is 2. The Balaban J connectivity index is 1.97. The van der Waals surface area contributed by atoms with Crippen molar-refractivity contribution >= 4 is 5.78 Å². The molecule has 2 aromatic rings. The second kappa shape index (κ2) is 7.33. The average molecular weight is 286 g/mol. The first-order chi connectivity index (χ1) is 10.2. The van der Waals surface area contributed by atoms with Gasteiger partial charge < -0.3 is 14.2 Å². The van der Waals surface area contributed by atoms with Crippen LogP contribution in [0.15, 0.2) is 48.5 Å². The maximum absolute atomic E-state index is 12.2. The van der Waals surface area contributed by atoms with Gasteiger partial charge in [-0.25, -0.2) is 0 Å². The van der Waals surface area contributed by atoms with Crippen molar-refractivity contribution in [2.45, 2.75) is 6.42 Å². The van der Waals surface area contributed by atoms with Crippen LogP contribution in [0.5, 0.6) is 17.2 Å². The van der Waals surface area contributed by atoms with E-state index in [1.54, 1.807) is 32.4 Å². The summed E-state index contributed by atoms with van der Waals surface area (Å²) in [5.74, 6) is 1.94. The van der Waals surface area contributed by atoms with Gasteiger partial charge in [0.05, 0.1) is 20.8 Å². The first-order valence-corrected chi connectivity index (χ1v) is 6.67. The van der Waals surface area contributed by atoms with E-state index in [0.717, 1.165) is 5.75 Å². The lowest BCUT2D eigenvalue weighted by Crippen LogP contribution is -2.07. The van der Waals surface area contributed by atoms with Gasteiger partial charge in [0.15, 0.2) is 5.78 Å². The Labute approximate surface area is 124 Å². The summed E-state index contributed by atoms with van der Waals surface area (Å²) in [6, 6.07) is 14.6. The first-order valence-electron chi connectivity index (χ1n) is 6.67. The number of para-hydroxylation sites is 1. The molecular weight excluding hydrogens is 268 g/mol. The van der Waals surface area contributed by atoms with Crippen LogP contribution in [0.4, 0.5) is 0 Å². The van der Waals surface area contributed by atoms with Gasteiger partial charge >= 0.3 is 0 Å². The van der Waals surface area contributed by atoms with Crippen LogP contribution in [0.3, 0.4) is 0 Å². The summed E-state index contributed by atoms with van der Waals surface area (Å²) >= 11 is 0. The maximum Gasteiger partial charge on any atom is 0.166 e. The Hall–Kier alpha value is -2.49. The van der Waals surface area contributed by atoms with Gasteiger partial charge in [0, 0.05) is 18.1 Å². The zero-order valence-electron chi connectivity index (χ0n) is 12.2. The lowest BCUT2D eigenvalue weighted by atomic mass is 10.1. The van der Waals surface area contributed by atoms with Gasteiger partial charge in [0.2, 0.25) is 0 Å². The predicted octanol–water partition coefficient (Wildman–Crippen LogP) is 3.36. The standard InChI is InChI=1S/C17H18O4/c1-19-15-10-13(11-16(12-15)20-2)17(18)8-9-21-14-6-4-3-5-7-14/h3-7,10-12H,8-9H2,1-2H3. The Morgan fingerprint density at radius 1 is 0.905 bits per heavy atom. The third-order valence-electron chi connectivity index (χ3n) is 3.01. The molecule has 0 radical (unpaired) electrons. The van der Waals surface area contributed by atoms with E-state index in [-0.39, 0.29) is 5.78 Å². The van der Waals surface area contributed by atoms with Gasteiger partial charge in [-0.3, -0.25) is 4.79 Å². The number of carbonyl (C=O) groups excluding carboxylic acids is 1. The summed E-state index contributed by atoms with van der Waals surface area (Å²) in [5.41, 5.74) is 0.558. The molecule has 110 valence electrons. The van der Waals surface area contributed by atoms with Crippen molar-refractivity contribution in [1.29, 1.82) is 0 Å². The van der Waals surface area contributed by atoms with Gasteiger partial charge in [0.25, 0.3) is 0 Å². The molecule has 2 aromatic carbocycles. The lowest BCUT2D eigenvalue weighted by Gasteiger charge is -2.08. The second-order valence-electron chi connectivity index (χ2n) is 4.44. The van der Waals surface area contributed by atoms with Gasteiger partial charge in [-0.05, 0) is 24.3 Å². The number of carbonyl (C=O) groups is 1. The Morgan fingerprint density at radius 2 is 1.52 bits per heavy atom. The predicted molar refractivity (Wildman–Crippen MR) is 80.4 cm³/mol. The van der Waals surface area contributed by atoms with Crippen molar-refractivity contribution in [3.8, 4) is 17.2 Å². The van der Waals surface area contributed by atoms with E-state index in [1.165, 1.54) is 0 Å². The molecule has 0 bridgehead atoms. The highest BCUT2D eigenvalue weighted by Gasteiger charge is 2.10. The van der Waals surface area contributed by atoms with Crippen LogP contribution in [0.2, 0.25) is 0 Å². The highest BCUT2D eigenvalue weighted by atomic mass is 16.5. The van der Waals surface area contributed by atoms with E-state index in [1.807, 2.05) is 30.3 Å². The number of hydrogen-bond donors (Lipinski definition) is 0. The monoisotopic (exact) mass is 286 g/mol. The minimum absolute atomic E-state index is 0.0110. The van der Waals surface area contributed by atoms with E-state index >= 15 is 0 Å². The summed E-state index contributed by atoms with van der Waals surface area (Å²) in [7, 11) is 3.11. The van der Waals surface area contributed by atoms with Crippen molar-refractivity contribution < 1.29 is 19.0 Å². The SMILES string of the molecule is COc1cc(OC)cc(C(=O)CCOc2ccccc2)c1. The van der Waals surface area contributed by atoms with E-state index < -0.39 is 0 Å². The zero-order valence-corrected chi connectivity index (χ0v) is 12.2. The minimum Gasteiger partial charge on any atom is -0.497 e. The fraction of sp³-hybridized carbons (Fsp3) is 0.235. The third-order valence-corrected chi connectivity index (χ3v) is 3.01.